The standard InChI is InChI=1S/C12H20N4O/c1-15-9-6-14-12(15)4-8-16(7-3-5-13)10-11-17-2/h6,9H,3-4,7-8,10-11H2,1-2H3. The molecule has 0 bridgehead atoms. The average molecular weight is 236 g/mol. The van der Waals surface area contributed by atoms with Crippen molar-refractivity contribution in [3.63, 3.8) is 0 Å². The second-order valence-corrected chi connectivity index (χ2v) is 3.95. The number of methoxy groups -OCH3 is 1. The Balaban J connectivity index is 2.37. The minimum atomic E-state index is 0.560. The quantitative estimate of drug-likeness (QED) is 0.670. The summed E-state index contributed by atoms with van der Waals surface area (Å²) in [7, 11) is 3.69. The molecule has 0 aliphatic heterocycles. The third-order valence-electron chi connectivity index (χ3n) is 2.72. The van der Waals surface area contributed by atoms with Crippen LogP contribution in [0.5, 0.6) is 0 Å². The molecule has 0 aliphatic carbocycles. The number of hydrogen-bond donors (Lipinski definition) is 0. The lowest BCUT2D eigenvalue weighted by Crippen LogP contribution is -2.31. The summed E-state index contributed by atoms with van der Waals surface area (Å²) < 4.78 is 7.09. The van der Waals surface area contributed by atoms with Crippen molar-refractivity contribution in [2.45, 2.75) is 12.8 Å². The van der Waals surface area contributed by atoms with E-state index in [1.165, 1.54) is 0 Å². The van der Waals surface area contributed by atoms with E-state index < -0.39 is 0 Å². The van der Waals surface area contributed by atoms with E-state index >= 15 is 0 Å². The van der Waals surface area contributed by atoms with Crippen molar-refractivity contribution < 1.29 is 4.74 Å². The Morgan fingerprint density at radius 3 is 2.88 bits per heavy atom. The minimum Gasteiger partial charge on any atom is -0.383 e. The van der Waals surface area contributed by atoms with Crippen LogP contribution in [0.4, 0.5) is 0 Å². The number of aromatic nitrogens is 2. The van der Waals surface area contributed by atoms with Crippen LogP contribution in [0.3, 0.4) is 0 Å². The van der Waals surface area contributed by atoms with Crippen LogP contribution in [-0.2, 0) is 18.2 Å². The molecule has 0 spiro atoms. The predicted octanol–water partition coefficient (Wildman–Crippen LogP) is 0.825. The van der Waals surface area contributed by atoms with Gasteiger partial charge in [-0.2, -0.15) is 5.26 Å². The van der Waals surface area contributed by atoms with Gasteiger partial charge in [0.05, 0.1) is 12.7 Å². The Kier molecular flexibility index (Phi) is 6.30. The highest BCUT2D eigenvalue weighted by molar-refractivity contribution is 4.91. The van der Waals surface area contributed by atoms with Gasteiger partial charge in [-0.05, 0) is 0 Å². The number of imidazole rings is 1. The summed E-state index contributed by atoms with van der Waals surface area (Å²) in [5.74, 6) is 1.07. The molecule has 0 aliphatic rings. The summed E-state index contributed by atoms with van der Waals surface area (Å²) in [6, 6.07) is 2.18. The van der Waals surface area contributed by atoms with Gasteiger partial charge in [-0.25, -0.2) is 4.98 Å². The molecule has 1 aromatic heterocycles. The van der Waals surface area contributed by atoms with Crippen LogP contribution in [-0.4, -0.2) is 47.8 Å². The Hall–Kier alpha value is -1.38. The van der Waals surface area contributed by atoms with E-state index in [1.54, 1.807) is 7.11 Å². The highest BCUT2D eigenvalue weighted by Gasteiger charge is 2.06. The lowest BCUT2D eigenvalue weighted by atomic mass is 10.3. The summed E-state index contributed by atoms with van der Waals surface area (Å²) in [5.41, 5.74) is 0. The van der Waals surface area contributed by atoms with Crippen molar-refractivity contribution in [3.05, 3.63) is 18.2 Å². The number of nitrogens with zero attached hydrogens (tertiary/aromatic N) is 4. The number of ether oxygens (including phenoxy) is 1. The van der Waals surface area contributed by atoms with Crippen molar-refractivity contribution in [2.24, 2.45) is 7.05 Å². The third kappa shape index (κ3) is 4.98. The molecular weight excluding hydrogens is 216 g/mol. The minimum absolute atomic E-state index is 0.560. The SMILES string of the molecule is COCCN(CCC#N)CCc1nccn1C. The van der Waals surface area contributed by atoms with E-state index in [9.17, 15) is 0 Å². The van der Waals surface area contributed by atoms with Crippen LogP contribution in [0.15, 0.2) is 12.4 Å². The molecule has 0 radical (unpaired) electrons. The van der Waals surface area contributed by atoms with E-state index in [0.29, 0.717) is 13.0 Å². The van der Waals surface area contributed by atoms with Crippen molar-refractivity contribution in [3.8, 4) is 6.07 Å². The van der Waals surface area contributed by atoms with Gasteiger partial charge in [0, 0.05) is 59.0 Å². The highest BCUT2D eigenvalue weighted by atomic mass is 16.5. The van der Waals surface area contributed by atoms with Gasteiger partial charge in [-0.1, -0.05) is 0 Å². The van der Waals surface area contributed by atoms with Crippen molar-refractivity contribution in [2.75, 3.05) is 33.4 Å². The van der Waals surface area contributed by atoms with Crippen molar-refractivity contribution >= 4 is 0 Å². The molecule has 0 saturated heterocycles. The smallest absolute Gasteiger partial charge is 0.109 e. The van der Waals surface area contributed by atoms with Gasteiger partial charge < -0.3 is 9.30 Å². The largest absolute Gasteiger partial charge is 0.383 e. The molecule has 0 amide bonds. The van der Waals surface area contributed by atoms with Gasteiger partial charge in [0.2, 0.25) is 0 Å². The first-order chi connectivity index (χ1) is 8.27. The second-order valence-electron chi connectivity index (χ2n) is 3.95. The van der Waals surface area contributed by atoms with Crippen LogP contribution in [0.25, 0.3) is 0 Å². The molecular formula is C12H20N4O. The first-order valence-electron chi connectivity index (χ1n) is 5.82. The van der Waals surface area contributed by atoms with Crippen molar-refractivity contribution in [1.29, 1.82) is 5.26 Å². The summed E-state index contributed by atoms with van der Waals surface area (Å²) in [6.07, 6.45) is 5.22. The first-order valence-corrected chi connectivity index (χ1v) is 5.82. The predicted molar refractivity (Wildman–Crippen MR) is 65.5 cm³/mol. The summed E-state index contributed by atoms with van der Waals surface area (Å²) in [5, 5.41) is 8.61. The third-order valence-corrected chi connectivity index (χ3v) is 2.72. The monoisotopic (exact) mass is 236 g/mol. The molecule has 0 aromatic carbocycles. The zero-order valence-corrected chi connectivity index (χ0v) is 10.6. The number of hydrogen-bond acceptors (Lipinski definition) is 4. The average Bonchev–Trinajstić information content (AvgIpc) is 2.74. The van der Waals surface area contributed by atoms with Crippen LogP contribution >= 0.6 is 0 Å². The first kappa shape index (κ1) is 13.7. The van der Waals surface area contributed by atoms with E-state index in [0.717, 1.165) is 31.9 Å². The summed E-state index contributed by atoms with van der Waals surface area (Å²) in [4.78, 5) is 6.53. The maximum atomic E-state index is 8.61. The zero-order chi connectivity index (χ0) is 12.5. The maximum Gasteiger partial charge on any atom is 0.109 e. The van der Waals surface area contributed by atoms with E-state index in [4.69, 9.17) is 10.00 Å². The van der Waals surface area contributed by atoms with Crippen LogP contribution in [0.2, 0.25) is 0 Å². The molecule has 0 saturated carbocycles. The van der Waals surface area contributed by atoms with E-state index in [2.05, 4.69) is 16.0 Å². The number of rotatable bonds is 8. The molecule has 94 valence electrons. The fraction of sp³-hybridized carbons (Fsp3) is 0.667. The molecule has 5 nitrogen and oxygen atoms in total. The molecule has 0 fully saturated rings. The molecule has 1 heterocycles. The number of aryl methyl sites for hydroxylation is 1. The van der Waals surface area contributed by atoms with Gasteiger partial charge >= 0.3 is 0 Å². The second kappa shape index (κ2) is 7.82. The normalized spacial score (nSPS) is 10.7. The zero-order valence-electron chi connectivity index (χ0n) is 10.6. The summed E-state index contributed by atoms with van der Waals surface area (Å²) in [6.45, 7) is 3.27. The molecule has 1 rings (SSSR count). The Bertz CT molecular complexity index is 356. The van der Waals surface area contributed by atoms with Gasteiger partial charge in [-0.3, -0.25) is 4.90 Å². The fourth-order valence-electron chi connectivity index (χ4n) is 1.66. The lowest BCUT2D eigenvalue weighted by molar-refractivity contribution is 0.149. The number of nitriles is 1. The Morgan fingerprint density at radius 2 is 2.29 bits per heavy atom. The summed E-state index contributed by atoms with van der Waals surface area (Å²) >= 11 is 0. The van der Waals surface area contributed by atoms with E-state index in [-0.39, 0.29) is 0 Å². The van der Waals surface area contributed by atoms with Gasteiger partial charge in [0.15, 0.2) is 0 Å². The van der Waals surface area contributed by atoms with Gasteiger partial charge in [0.1, 0.15) is 5.82 Å². The molecule has 0 N–H and O–H groups in total. The Labute approximate surface area is 103 Å². The van der Waals surface area contributed by atoms with Crippen LogP contribution < -0.4 is 0 Å². The Morgan fingerprint density at radius 1 is 1.47 bits per heavy atom. The molecule has 0 unspecified atom stereocenters. The van der Waals surface area contributed by atoms with Crippen molar-refractivity contribution in [1.82, 2.24) is 14.5 Å². The maximum absolute atomic E-state index is 8.61. The fourth-order valence-corrected chi connectivity index (χ4v) is 1.66. The molecule has 1 aromatic rings. The highest BCUT2D eigenvalue weighted by Crippen LogP contribution is 1.99. The molecule has 0 atom stereocenters. The van der Waals surface area contributed by atoms with Gasteiger partial charge in [-0.15, -0.1) is 0 Å². The van der Waals surface area contributed by atoms with Crippen LogP contribution in [0, 0.1) is 11.3 Å². The van der Waals surface area contributed by atoms with E-state index in [1.807, 2.05) is 24.0 Å². The topological polar surface area (TPSA) is 54.1 Å². The van der Waals surface area contributed by atoms with Gasteiger partial charge in [0.25, 0.3) is 0 Å². The van der Waals surface area contributed by atoms with Crippen LogP contribution in [0.1, 0.15) is 12.2 Å². The molecule has 5 heteroatoms. The molecule has 17 heavy (non-hydrogen) atoms. The lowest BCUT2D eigenvalue weighted by Gasteiger charge is -2.20.